The van der Waals surface area contributed by atoms with Crippen molar-refractivity contribution < 1.29 is 22.7 Å². The van der Waals surface area contributed by atoms with E-state index in [2.05, 4.69) is 50.2 Å². The number of carbonyl (C=O) groups excluding carboxylic acids is 1. The van der Waals surface area contributed by atoms with Crippen molar-refractivity contribution in [3.8, 4) is 11.5 Å². The molecular formula is C25H28F3N7O2Si. The number of hydrogen-bond acceptors (Lipinski definition) is 7. The molecule has 0 fully saturated rings. The van der Waals surface area contributed by atoms with Crippen molar-refractivity contribution in [1.82, 2.24) is 24.5 Å². The summed E-state index contributed by atoms with van der Waals surface area (Å²) in [6.45, 7) is 8.98. The Morgan fingerprint density at radius 1 is 1.11 bits per heavy atom. The van der Waals surface area contributed by atoms with E-state index in [9.17, 15) is 18.0 Å². The largest absolute Gasteiger partial charge is 0.433 e. The van der Waals surface area contributed by atoms with Gasteiger partial charge in [0.15, 0.2) is 5.82 Å². The van der Waals surface area contributed by atoms with Gasteiger partial charge in [-0.1, -0.05) is 25.7 Å². The number of aromatic nitrogens is 5. The third-order valence-corrected chi connectivity index (χ3v) is 7.15. The maximum absolute atomic E-state index is 13.3. The van der Waals surface area contributed by atoms with Gasteiger partial charge >= 0.3 is 6.18 Å². The first-order valence-electron chi connectivity index (χ1n) is 11.9. The highest BCUT2D eigenvalue weighted by Gasteiger charge is 2.32. The number of fused-ring (bicyclic) bond motifs is 1. The number of anilines is 3. The number of carbonyl (C=O) groups is 1. The summed E-state index contributed by atoms with van der Waals surface area (Å²) in [4.78, 5) is 28.4. The first-order valence-corrected chi connectivity index (χ1v) is 15.6. The average molecular weight is 544 g/mol. The Labute approximate surface area is 218 Å². The maximum Gasteiger partial charge on any atom is 0.433 e. The van der Waals surface area contributed by atoms with Crippen LogP contribution in [0.5, 0.6) is 0 Å². The molecule has 0 atom stereocenters. The molecule has 200 valence electrons. The number of nitrogens with one attached hydrogen (secondary N) is 2. The van der Waals surface area contributed by atoms with Gasteiger partial charge in [0.05, 0.1) is 5.39 Å². The Bertz CT molecular complexity index is 1450. The fourth-order valence-electron chi connectivity index (χ4n) is 3.53. The van der Waals surface area contributed by atoms with Crippen molar-refractivity contribution in [2.24, 2.45) is 0 Å². The van der Waals surface area contributed by atoms with Crippen LogP contribution in [0.2, 0.25) is 25.7 Å². The third-order valence-electron chi connectivity index (χ3n) is 5.44. The van der Waals surface area contributed by atoms with Crippen LogP contribution in [0.4, 0.5) is 30.5 Å². The zero-order valence-corrected chi connectivity index (χ0v) is 22.4. The summed E-state index contributed by atoms with van der Waals surface area (Å²) >= 11 is 0. The van der Waals surface area contributed by atoms with Gasteiger partial charge in [0.2, 0.25) is 5.91 Å². The second kappa shape index (κ2) is 10.9. The number of hydrogen-bond donors (Lipinski definition) is 2. The molecule has 0 aliphatic rings. The van der Waals surface area contributed by atoms with Crippen LogP contribution in [0, 0.1) is 0 Å². The van der Waals surface area contributed by atoms with Gasteiger partial charge in [-0.2, -0.15) is 13.2 Å². The molecule has 0 saturated heterocycles. The van der Waals surface area contributed by atoms with Crippen LogP contribution < -0.4 is 10.6 Å². The molecule has 4 aromatic heterocycles. The molecule has 38 heavy (non-hydrogen) atoms. The van der Waals surface area contributed by atoms with Crippen LogP contribution >= 0.6 is 0 Å². The highest BCUT2D eigenvalue weighted by atomic mass is 28.3. The molecule has 0 saturated carbocycles. The Morgan fingerprint density at radius 3 is 2.61 bits per heavy atom. The van der Waals surface area contributed by atoms with Crippen molar-refractivity contribution in [2.75, 3.05) is 17.2 Å². The molecule has 1 amide bonds. The van der Waals surface area contributed by atoms with Gasteiger partial charge in [-0.3, -0.25) is 4.79 Å². The Hall–Kier alpha value is -3.84. The van der Waals surface area contributed by atoms with E-state index in [1.807, 2.05) is 0 Å². The minimum absolute atomic E-state index is 0.0179. The lowest BCUT2D eigenvalue weighted by molar-refractivity contribution is -0.141. The van der Waals surface area contributed by atoms with Crippen LogP contribution in [0.15, 0.2) is 48.8 Å². The van der Waals surface area contributed by atoms with Gasteiger partial charge < -0.3 is 19.9 Å². The molecule has 0 radical (unpaired) electrons. The molecule has 4 aromatic rings. The highest BCUT2D eigenvalue weighted by Crippen LogP contribution is 2.31. The second-order valence-electron chi connectivity index (χ2n) is 9.91. The van der Waals surface area contributed by atoms with Gasteiger partial charge in [0.1, 0.15) is 35.4 Å². The van der Waals surface area contributed by atoms with Gasteiger partial charge in [-0.15, -0.1) is 0 Å². The van der Waals surface area contributed by atoms with Crippen molar-refractivity contribution >= 4 is 42.3 Å². The normalized spacial score (nSPS) is 12.1. The summed E-state index contributed by atoms with van der Waals surface area (Å²) < 4.78 is 47.7. The topological polar surface area (TPSA) is 107 Å². The van der Waals surface area contributed by atoms with Gasteiger partial charge in [-0.25, -0.2) is 19.9 Å². The van der Waals surface area contributed by atoms with Crippen LogP contribution in [0.1, 0.15) is 12.6 Å². The number of alkyl halides is 3. The lowest BCUT2D eigenvalue weighted by atomic mass is 10.2. The Balaban J connectivity index is 1.74. The van der Waals surface area contributed by atoms with Gasteiger partial charge in [0.25, 0.3) is 0 Å². The molecule has 0 spiro atoms. The summed E-state index contributed by atoms with van der Waals surface area (Å²) in [5.41, 5.74) is -0.0233. The van der Waals surface area contributed by atoms with Crippen LogP contribution in [0.3, 0.4) is 0 Å². The van der Waals surface area contributed by atoms with E-state index in [0.29, 0.717) is 35.0 Å². The molecular weight excluding hydrogens is 515 g/mol. The third kappa shape index (κ3) is 6.92. The standard InChI is InChI=1S/C25H28F3N7O2Si/c1-16(36)30-21-14-17(8-10-29-21)31-22-18-9-11-35(15-37-12-13-38(2,3)4)24(18)34-23(33-22)19-6-5-7-20(32-19)25(26,27)28/h5-11,14H,12-13,15H2,1-4H3,(H2,29,30,31,33,34,36). The summed E-state index contributed by atoms with van der Waals surface area (Å²) in [6, 6.07) is 9.69. The lowest BCUT2D eigenvalue weighted by Gasteiger charge is -2.16. The van der Waals surface area contributed by atoms with Crippen molar-refractivity contribution in [3.63, 3.8) is 0 Å². The van der Waals surface area contributed by atoms with Crippen LogP contribution in [-0.4, -0.2) is 45.1 Å². The van der Waals surface area contributed by atoms with E-state index in [1.54, 1.807) is 29.0 Å². The van der Waals surface area contributed by atoms with Crippen molar-refractivity contribution in [3.05, 3.63) is 54.5 Å². The van der Waals surface area contributed by atoms with Crippen LogP contribution in [-0.2, 0) is 22.4 Å². The monoisotopic (exact) mass is 543 g/mol. The highest BCUT2D eigenvalue weighted by molar-refractivity contribution is 6.76. The summed E-state index contributed by atoms with van der Waals surface area (Å²) in [7, 11) is -1.28. The zero-order valence-electron chi connectivity index (χ0n) is 21.4. The van der Waals surface area contributed by atoms with E-state index in [1.165, 1.54) is 25.3 Å². The zero-order chi connectivity index (χ0) is 27.5. The SMILES string of the molecule is CC(=O)Nc1cc(Nc2nc(-c3cccc(C(F)(F)F)n3)nc3c2ccn3COCC[Si](C)(C)C)ccn1. The van der Waals surface area contributed by atoms with E-state index in [4.69, 9.17) is 4.74 Å². The minimum Gasteiger partial charge on any atom is -0.361 e. The summed E-state index contributed by atoms with van der Waals surface area (Å²) in [5.74, 6) is 0.429. The van der Waals surface area contributed by atoms with E-state index < -0.39 is 19.9 Å². The number of halogens is 3. The fourth-order valence-corrected chi connectivity index (χ4v) is 4.29. The van der Waals surface area contributed by atoms with Crippen molar-refractivity contribution in [2.45, 2.75) is 45.5 Å². The average Bonchev–Trinajstić information content (AvgIpc) is 3.24. The predicted octanol–water partition coefficient (Wildman–Crippen LogP) is 5.92. The first kappa shape index (κ1) is 27.2. The number of rotatable bonds is 9. The number of nitrogens with zero attached hydrogens (tertiary/aromatic N) is 5. The molecule has 0 aliphatic heterocycles. The lowest BCUT2D eigenvalue weighted by Crippen LogP contribution is -2.22. The Kier molecular flexibility index (Phi) is 7.78. The van der Waals surface area contributed by atoms with E-state index in [-0.39, 0.29) is 24.2 Å². The predicted molar refractivity (Wildman–Crippen MR) is 142 cm³/mol. The Morgan fingerprint density at radius 2 is 1.89 bits per heavy atom. The fraction of sp³-hybridized carbons (Fsp3) is 0.320. The minimum atomic E-state index is -4.61. The molecule has 4 heterocycles. The molecule has 0 aliphatic carbocycles. The van der Waals surface area contributed by atoms with Crippen molar-refractivity contribution in [1.29, 1.82) is 0 Å². The quantitative estimate of drug-likeness (QED) is 0.199. The summed E-state index contributed by atoms with van der Waals surface area (Å²) in [5, 5.41) is 6.42. The van der Waals surface area contributed by atoms with E-state index in [0.717, 1.165) is 12.1 Å². The number of ether oxygens (including phenoxy) is 1. The van der Waals surface area contributed by atoms with Gasteiger partial charge in [-0.05, 0) is 30.3 Å². The first-order chi connectivity index (χ1) is 17.9. The molecule has 9 nitrogen and oxygen atoms in total. The molecule has 0 aromatic carbocycles. The molecule has 13 heteroatoms. The van der Waals surface area contributed by atoms with Gasteiger partial charge in [0, 0.05) is 45.8 Å². The molecule has 0 unspecified atom stereocenters. The molecule has 0 bridgehead atoms. The second-order valence-corrected chi connectivity index (χ2v) is 15.5. The molecule has 4 rings (SSSR count). The maximum atomic E-state index is 13.3. The number of amides is 1. The summed E-state index contributed by atoms with van der Waals surface area (Å²) in [6.07, 6.45) is -1.31. The van der Waals surface area contributed by atoms with Crippen LogP contribution in [0.25, 0.3) is 22.6 Å². The smallest absolute Gasteiger partial charge is 0.361 e. The number of pyridine rings is 2. The molecule has 2 N–H and O–H groups in total. The van der Waals surface area contributed by atoms with E-state index >= 15 is 0 Å².